The molecule has 0 spiro atoms. The standard InChI is InChI=1S/C20H30F2N4O2/c1-9-13(2)25(7)14(3)23-18(26(8)19(27)28-20(4,5)6)24-15-10-11-16(21)17(22)12-15/h10-12,18,23-24H,2-3,9H2,1,4-8H3. The van der Waals surface area contributed by atoms with Crippen molar-refractivity contribution < 1.29 is 18.3 Å². The number of amides is 1. The second kappa shape index (κ2) is 9.43. The van der Waals surface area contributed by atoms with E-state index in [9.17, 15) is 13.6 Å². The smallest absolute Gasteiger partial charge is 0.413 e. The summed E-state index contributed by atoms with van der Waals surface area (Å²) in [6.07, 6.45) is -0.746. The average Bonchev–Trinajstić information content (AvgIpc) is 2.60. The normalized spacial score (nSPS) is 12.0. The van der Waals surface area contributed by atoms with Gasteiger partial charge in [0.25, 0.3) is 0 Å². The molecular weight excluding hydrogens is 366 g/mol. The lowest BCUT2D eigenvalue weighted by atomic mass is 10.2. The number of carbonyl (C=O) groups is 1. The molecule has 0 radical (unpaired) electrons. The van der Waals surface area contributed by atoms with Crippen LogP contribution in [-0.2, 0) is 4.74 Å². The zero-order valence-corrected chi connectivity index (χ0v) is 17.4. The van der Waals surface area contributed by atoms with E-state index >= 15 is 0 Å². The molecule has 1 aromatic rings. The van der Waals surface area contributed by atoms with Crippen LogP contribution in [0.5, 0.6) is 0 Å². The van der Waals surface area contributed by atoms with E-state index in [4.69, 9.17) is 4.74 Å². The van der Waals surface area contributed by atoms with Crippen molar-refractivity contribution in [2.45, 2.75) is 46.0 Å². The van der Waals surface area contributed by atoms with Gasteiger partial charge in [0, 0.05) is 31.5 Å². The van der Waals surface area contributed by atoms with Crippen LogP contribution in [0.1, 0.15) is 34.1 Å². The number of benzene rings is 1. The predicted molar refractivity (Wildman–Crippen MR) is 107 cm³/mol. The maximum atomic E-state index is 13.6. The number of nitrogens with zero attached hydrogens (tertiary/aromatic N) is 2. The Hall–Kier alpha value is -2.77. The van der Waals surface area contributed by atoms with Gasteiger partial charge in [-0.1, -0.05) is 20.1 Å². The molecule has 1 aromatic carbocycles. The third kappa shape index (κ3) is 6.75. The number of allylic oxidation sites excluding steroid dienone is 1. The first kappa shape index (κ1) is 23.3. The van der Waals surface area contributed by atoms with Crippen LogP contribution in [0.25, 0.3) is 0 Å². The highest BCUT2D eigenvalue weighted by atomic mass is 19.2. The average molecular weight is 396 g/mol. The molecule has 0 aromatic heterocycles. The van der Waals surface area contributed by atoms with Gasteiger partial charge in [0.15, 0.2) is 17.9 Å². The van der Waals surface area contributed by atoms with E-state index < -0.39 is 29.6 Å². The molecule has 0 aliphatic heterocycles. The molecule has 28 heavy (non-hydrogen) atoms. The molecule has 1 rings (SSSR count). The number of anilines is 1. The molecular formula is C20H30F2N4O2. The SMILES string of the molecule is C=C(CC)N(C)C(=C)NC(Nc1ccc(F)c(F)c1)N(C)C(=O)OC(C)(C)C. The molecule has 0 bridgehead atoms. The molecule has 2 N–H and O–H groups in total. The fourth-order valence-electron chi connectivity index (χ4n) is 2.10. The molecule has 1 amide bonds. The van der Waals surface area contributed by atoms with E-state index in [2.05, 4.69) is 23.8 Å². The van der Waals surface area contributed by atoms with Crippen LogP contribution in [0.2, 0.25) is 0 Å². The molecule has 0 heterocycles. The van der Waals surface area contributed by atoms with Crippen LogP contribution >= 0.6 is 0 Å². The Kier molecular flexibility index (Phi) is 7.84. The summed E-state index contributed by atoms with van der Waals surface area (Å²) < 4.78 is 32.2. The quantitative estimate of drug-likeness (QED) is 0.636. The van der Waals surface area contributed by atoms with E-state index in [1.807, 2.05) is 6.92 Å². The number of rotatable bonds is 8. The second-order valence-corrected chi connectivity index (χ2v) is 7.34. The van der Waals surface area contributed by atoms with Crippen LogP contribution in [0.3, 0.4) is 0 Å². The van der Waals surface area contributed by atoms with E-state index in [0.717, 1.165) is 17.8 Å². The minimum atomic E-state index is -1.00. The number of ether oxygens (including phenoxy) is 1. The predicted octanol–water partition coefficient (Wildman–Crippen LogP) is 4.44. The highest BCUT2D eigenvalue weighted by Gasteiger charge is 2.26. The summed E-state index contributed by atoms with van der Waals surface area (Å²) in [6, 6.07) is 3.37. The first-order chi connectivity index (χ1) is 12.9. The molecule has 156 valence electrons. The number of halogens is 2. The second-order valence-electron chi connectivity index (χ2n) is 7.34. The number of hydrogen-bond acceptors (Lipinski definition) is 5. The van der Waals surface area contributed by atoms with Crippen LogP contribution in [0.15, 0.2) is 42.9 Å². The molecule has 0 saturated carbocycles. The summed E-state index contributed by atoms with van der Waals surface area (Å²) in [6.45, 7) is 15.1. The van der Waals surface area contributed by atoms with Gasteiger partial charge < -0.3 is 20.3 Å². The van der Waals surface area contributed by atoms with Gasteiger partial charge in [-0.15, -0.1) is 0 Å². The Morgan fingerprint density at radius 2 is 1.82 bits per heavy atom. The highest BCUT2D eigenvalue weighted by molar-refractivity contribution is 5.68. The van der Waals surface area contributed by atoms with E-state index in [1.165, 1.54) is 18.0 Å². The van der Waals surface area contributed by atoms with Gasteiger partial charge in [-0.25, -0.2) is 13.6 Å². The van der Waals surface area contributed by atoms with Crippen molar-refractivity contribution in [3.05, 3.63) is 54.5 Å². The Morgan fingerprint density at radius 1 is 1.21 bits per heavy atom. The lowest BCUT2D eigenvalue weighted by Gasteiger charge is -2.35. The zero-order valence-electron chi connectivity index (χ0n) is 17.4. The molecule has 0 fully saturated rings. The van der Waals surface area contributed by atoms with Crippen LogP contribution in [-0.4, -0.2) is 41.9 Å². The van der Waals surface area contributed by atoms with Gasteiger partial charge in [-0.3, -0.25) is 4.90 Å². The summed E-state index contributed by atoms with van der Waals surface area (Å²) in [7, 11) is 3.30. The Morgan fingerprint density at radius 3 is 2.32 bits per heavy atom. The summed E-state index contributed by atoms with van der Waals surface area (Å²) >= 11 is 0. The van der Waals surface area contributed by atoms with Gasteiger partial charge in [-0.05, 0) is 39.3 Å². The number of hydrogen-bond donors (Lipinski definition) is 2. The fourth-order valence-corrected chi connectivity index (χ4v) is 2.10. The van der Waals surface area contributed by atoms with Crippen LogP contribution in [0, 0.1) is 11.6 Å². The third-order valence-electron chi connectivity index (χ3n) is 3.88. The van der Waals surface area contributed by atoms with Gasteiger partial charge in [0.05, 0.1) is 0 Å². The lowest BCUT2D eigenvalue weighted by Crippen LogP contribution is -2.53. The Balaban J connectivity index is 3.07. The van der Waals surface area contributed by atoms with Crippen molar-refractivity contribution in [1.82, 2.24) is 15.1 Å². The first-order valence-corrected chi connectivity index (χ1v) is 8.90. The monoisotopic (exact) mass is 396 g/mol. The van der Waals surface area contributed by atoms with Crippen molar-refractivity contribution in [3.63, 3.8) is 0 Å². The minimum Gasteiger partial charge on any atom is -0.444 e. The molecule has 0 saturated heterocycles. The summed E-state index contributed by atoms with van der Waals surface area (Å²) in [4.78, 5) is 15.5. The summed E-state index contributed by atoms with van der Waals surface area (Å²) in [5.41, 5.74) is 0.392. The lowest BCUT2D eigenvalue weighted by molar-refractivity contribution is 0.0220. The topological polar surface area (TPSA) is 56.8 Å². The van der Waals surface area contributed by atoms with Crippen molar-refractivity contribution in [1.29, 1.82) is 0 Å². The molecule has 1 unspecified atom stereocenters. The summed E-state index contributed by atoms with van der Waals surface area (Å²) in [5, 5.41) is 6.00. The zero-order chi connectivity index (χ0) is 21.6. The maximum absolute atomic E-state index is 13.6. The molecule has 0 aliphatic rings. The number of carbonyl (C=O) groups excluding carboxylic acids is 1. The van der Waals surface area contributed by atoms with Crippen LogP contribution < -0.4 is 10.6 Å². The van der Waals surface area contributed by atoms with Gasteiger partial charge >= 0.3 is 6.09 Å². The van der Waals surface area contributed by atoms with E-state index in [0.29, 0.717) is 12.2 Å². The van der Waals surface area contributed by atoms with Crippen molar-refractivity contribution in [2.75, 3.05) is 19.4 Å². The van der Waals surface area contributed by atoms with Gasteiger partial charge in [-0.2, -0.15) is 0 Å². The van der Waals surface area contributed by atoms with Crippen molar-refractivity contribution >= 4 is 11.8 Å². The maximum Gasteiger partial charge on any atom is 0.413 e. The first-order valence-electron chi connectivity index (χ1n) is 8.90. The molecule has 6 nitrogen and oxygen atoms in total. The Labute approximate surface area is 165 Å². The van der Waals surface area contributed by atoms with Crippen molar-refractivity contribution in [3.8, 4) is 0 Å². The van der Waals surface area contributed by atoms with E-state index in [1.54, 1.807) is 32.7 Å². The molecule has 1 atom stereocenters. The van der Waals surface area contributed by atoms with Gasteiger partial charge in [0.1, 0.15) is 11.4 Å². The van der Waals surface area contributed by atoms with Crippen molar-refractivity contribution in [2.24, 2.45) is 0 Å². The molecule has 8 heteroatoms. The van der Waals surface area contributed by atoms with Crippen LogP contribution in [0.4, 0.5) is 19.3 Å². The Bertz CT molecular complexity index is 731. The fraction of sp³-hybridized carbons (Fsp3) is 0.450. The minimum absolute atomic E-state index is 0.275. The largest absolute Gasteiger partial charge is 0.444 e. The summed E-state index contributed by atoms with van der Waals surface area (Å²) in [5.74, 6) is -1.50. The van der Waals surface area contributed by atoms with Gasteiger partial charge in [0.2, 0.25) is 0 Å². The number of nitrogens with one attached hydrogen (secondary N) is 2. The molecule has 0 aliphatic carbocycles. The third-order valence-corrected chi connectivity index (χ3v) is 3.88. The highest BCUT2D eigenvalue weighted by Crippen LogP contribution is 2.17. The van der Waals surface area contributed by atoms with E-state index in [-0.39, 0.29) is 5.69 Å².